The number of aromatic nitrogens is 6. The highest BCUT2D eigenvalue weighted by atomic mass is 19.1. The summed E-state index contributed by atoms with van der Waals surface area (Å²) in [6.45, 7) is 2.14. The van der Waals surface area contributed by atoms with Crippen molar-refractivity contribution < 1.29 is 13.6 Å². The average molecular weight is 431 g/mol. The zero-order valence-electron chi connectivity index (χ0n) is 17.1. The van der Waals surface area contributed by atoms with Crippen LogP contribution in [-0.4, -0.2) is 35.4 Å². The van der Waals surface area contributed by atoms with Gasteiger partial charge in [-0.2, -0.15) is 5.10 Å². The Balaban J connectivity index is 1.32. The number of fused-ring (bicyclic) bond motifs is 1. The van der Waals surface area contributed by atoms with Crippen LogP contribution in [0.4, 0.5) is 10.3 Å². The lowest BCUT2D eigenvalue weighted by molar-refractivity contribution is -0.116. The highest BCUT2D eigenvalue weighted by Gasteiger charge is 2.17. The smallest absolute Gasteiger partial charge is 0.248 e. The number of anilines is 1. The Morgan fingerprint density at radius 3 is 2.88 bits per heavy atom. The summed E-state index contributed by atoms with van der Waals surface area (Å²) in [5.41, 5.74) is 2.92. The average Bonchev–Trinajstić information content (AvgIpc) is 3.50. The number of nitrogens with zero attached hydrogens (tertiary/aromatic N) is 6. The molecule has 1 amide bonds. The number of hydrogen-bond donors (Lipinski definition) is 1. The van der Waals surface area contributed by atoms with Crippen LogP contribution >= 0.6 is 0 Å². The molecule has 9 nitrogen and oxygen atoms in total. The van der Waals surface area contributed by atoms with Gasteiger partial charge in [-0.1, -0.05) is 12.1 Å². The van der Waals surface area contributed by atoms with Gasteiger partial charge in [0.25, 0.3) is 0 Å². The second-order valence-electron chi connectivity index (χ2n) is 7.22. The van der Waals surface area contributed by atoms with Gasteiger partial charge in [0.05, 0.1) is 23.9 Å². The first kappa shape index (κ1) is 19.6. The van der Waals surface area contributed by atoms with Crippen LogP contribution in [-0.2, 0) is 17.9 Å². The predicted molar refractivity (Wildman–Crippen MR) is 114 cm³/mol. The first-order valence-electron chi connectivity index (χ1n) is 9.86. The van der Waals surface area contributed by atoms with Crippen LogP contribution in [0.5, 0.6) is 0 Å². The number of carbonyl (C=O) groups is 1. The molecule has 1 N–H and O–H groups in total. The third kappa shape index (κ3) is 3.85. The van der Waals surface area contributed by atoms with E-state index in [2.05, 4.69) is 25.5 Å². The molecule has 0 saturated carbocycles. The zero-order chi connectivity index (χ0) is 22.1. The van der Waals surface area contributed by atoms with Crippen LogP contribution in [0.1, 0.15) is 11.3 Å². The quantitative estimate of drug-likeness (QED) is 0.442. The van der Waals surface area contributed by atoms with E-state index in [1.807, 2.05) is 25.1 Å². The van der Waals surface area contributed by atoms with Crippen molar-refractivity contribution in [3.63, 3.8) is 0 Å². The van der Waals surface area contributed by atoms with Gasteiger partial charge in [0.1, 0.15) is 24.4 Å². The maximum absolute atomic E-state index is 13.4. The minimum Gasteiger partial charge on any atom is -0.464 e. The van der Waals surface area contributed by atoms with Gasteiger partial charge < -0.3 is 4.42 Å². The van der Waals surface area contributed by atoms with Crippen LogP contribution in [0.25, 0.3) is 22.4 Å². The van der Waals surface area contributed by atoms with Crippen LogP contribution in [0.2, 0.25) is 0 Å². The number of nitrogens with one attached hydrogen (secondary N) is 1. The lowest BCUT2D eigenvalue weighted by atomic mass is 10.1. The lowest BCUT2D eigenvalue weighted by Crippen LogP contribution is -2.20. The minimum atomic E-state index is -0.344. The molecule has 0 atom stereocenters. The van der Waals surface area contributed by atoms with Crippen molar-refractivity contribution in [2.45, 2.75) is 20.0 Å². The van der Waals surface area contributed by atoms with Gasteiger partial charge in [0, 0.05) is 11.8 Å². The van der Waals surface area contributed by atoms with Crippen molar-refractivity contribution in [2.24, 2.45) is 0 Å². The van der Waals surface area contributed by atoms with Crippen LogP contribution in [0, 0.1) is 12.7 Å². The number of halogens is 1. The van der Waals surface area contributed by atoms with Gasteiger partial charge in [0.2, 0.25) is 11.9 Å². The Morgan fingerprint density at radius 2 is 2.06 bits per heavy atom. The maximum atomic E-state index is 13.4. The zero-order valence-corrected chi connectivity index (χ0v) is 17.1. The summed E-state index contributed by atoms with van der Waals surface area (Å²) >= 11 is 0. The Bertz CT molecular complexity index is 1410. The molecule has 4 heterocycles. The van der Waals surface area contributed by atoms with E-state index in [1.165, 1.54) is 27.8 Å². The van der Waals surface area contributed by atoms with E-state index >= 15 is 0 Å². The van der Waals surface area contributed by atoms with E-state index in [0.29, 0.717) is 18.0 Å². The van der Waals surface area contributed by atoms with Crippen LogP contribution in [0.15, 0.2) is 65.7 Å². The number of pyridine rings is 1. The van der Waals surface area contributed by atoms with Crippen molar-refractivity contribution >= 4 is 22.9 Å². The van der Waals surface area contributed by atoms with Gasteiger partial charge in [-0.15, -0.1) is 5.10 Å². The molecule has 0 unspecified atom stereocenters. The molecule has 0 spiro atoms. The first-order valence-corrected chi connectivity index (χ1v) is 9.86. The van der Waals surface area contributed by atoms with E-state index in [-0.39, 0.29) is 24.2 Å². The van der Waals surface area contributed by atoms with Crippen molar-refractivity contribution in [3.8, 4) is 11.3 Å². The fourth-order valence-corrected chi connectivity index (χ4v) is 3.58. The molecule has 0 bridgehead atoms. The first-order chi connectivity index (χ1) is 15.6. The normalized spacial score (nSPS) is 11.2. The van der Waals surface area contributed by atoms with E-state index in [9.17, 15) is 9.18 Å². The summed E-state index contributed by atoms with van der Waals surface area (Å²) in [4.78, 5) is 21.1. The Hall–Kier alpha value is -4.34. The standard InChI is InChI=1S/C22H18FN7O2/c1-14-20-17(18-6-3-9-32-18)7-8-24-21(20)30(27-14)12-19(31)26-22-25-13-29(28-22)11-15-4-2-5-16(23)10-15/h2-10,13H,11-12H2,1H3,(H,26,28,31). The molecule has 0 fully saturated rings. The predicted octanol–water partition coefficient (Wildman–Crippen LogP) is 3.42. The summed E-state index contributed by atoms with van der Waals surface area (Å²) in [6, 6.07) is 11.8. The van der Waals surface area contributed by atoms with Crippen molar-refractivity contribution in [2.75, 3.05) is 5.32 Å². The summed E-state index contributed by atoms with van der Waals surface area (Å²) in [5, 5.41) is 12.2. The SMILES string of the molecule is Cc1nn(CC(=O)Nc2ncn(Cc3cccc(F)c3)n2)c2nccc(-c3ccco3)c12. The third-order valence-corrected chi connectivity index (χ3v) is 4.91. The molecule has 5 aromatic rings. The second kappa shape index (κ2) is 8.06. The summed E-state index contributed by atoms with van der Waals surface area (Å²) in [6.07, 6.45) is 4.74. The molecular weight excluding hydrogens is 413 g/mol. The third-order valence-electron chi connectivity index (χ3n) is 4.91. The van der Waals surface area contributed by atoms with E-state index in [0.717, 1.165) is 22.2 Å². The van der Waals surface area contributed by atoms with Gasteiger partial charge in [-0.25, -0.2) is 23.7 Å². The van der Waals surface area contributed by atoms with E-state index in [4.69, 9.17) is 4.42 Å². The van der Waals surface area contributed by atoms with E-state index in [1.54, 1.807) is 24.6 Å². The summed E-state index contributed by atoms with van der Waals surface area (Å²) < 4.78 is 21.9. The highest BCUT2D eigenvalue weighted by Crippen LogP contribution is 2.29. The van der Waals surface area contributed by atoms with Gasteiger partial charge >= 0.3 is 0 Å². The maximum Gasteiger partial charge on any atom is 0.248 e. The molecule has 0 aliphatic carbocycles. The molecule has 0 saturated heterocycles. The van der Waals surface area contributed by atoms with Crippen molar-refractivity contribution in [1.29, 1.82) is 0 Å². The molecule has 0 aliphatic rings. The minimum absolute atomic E-state index is 0.0582. The molecular formula is C22H18FN7O2. The largest absolute Gasteiger partial charge is 0.464 e. The Morgan fingerprint density at radius 1 is 1.16 bits per heavy atom. The number of hydrogen-bond acceptors (Lipinski definition) is 6. The molecule has 5 rings (SSSR count). The molecule has 4 aromatic heterocycles. The molecule has 160 valence electrons. The fraction of sp³-hybridized carbons (Fsp3) is 0.136. The van der Waals surface area contributed by atoms with Crippen molar-refractivity contribution in [3.05, 3.63) is 78.3 Å². The lowest BCUT2D eigenvalue weighted by Gasteiger charge is -2.04. The molecule has 0 radical (unpaired) electrons. The Kier molecular flexibility index (Phi) is 4.94. The van der Waals surface area contributed by atoms with Gasteiger partial charge in [-0.3, -0.25) is 10.1 Å². The number of benzene rings is 1. The van der Waals surface area contributed by atoms with E-state index < -0.39 is 0 Å². The summed E-state index contributed by atoms with van der Waals surface area (Å²) in [5.74, 6) is 0.200. The topological polar surface area (TPSA) is 104 Å². The number of rotatable bonds is 6. The number of aryl methyl sites for hydroxylation is 1. The monoisotopic (exact) mass is 431 g/mol. The molecule has 1 aromatic carbocycles. The number of carbonyl (C=O) groups excluding carboxylic acids is 1. The molecule has 0 aliphatic heterocycles. The molecule has 32 heavy (non-hydrogen) atoms. The van der Waals surface area contributed by atoms with Gasteiger partial charge in [-0.05, 0) is 42.8 Å². The number of amides is 1. The Labute approximate surface area is 181 Å². The second-order valence-corrected chi connectivity index (χ2v) is 7.22. The summed E-state index contributed by atoms with van der Waals surface area (Å²) in [7, 11) is 0. The fourth-order valence-electron chi connectivity index (χ4n) is 3.58. The van der Waals surface area contributed by atoms with Crippen LogP contribution in [0.3, 0.4) is 0 Å². The molecule has 10 heteroatoms. The van der Waals surface area contributed by atoms with Gasteiger partial charge in [0.15, 0.2) is 5.65 Å². The van der Waals surface area contributed by atoms with Crippen LogP contribution < -0.4 is 5.32 Å². The number of furan rings is 1. The van der Waals surface area contributed by atoms with Crippen molar-refractivity contribution in [1.82, 2.24) is 29.5 Å². The highest BCUT2D eigenvalue weighted by molar-refractivity contribution is 5.95.